The number of aliphatic carboxylic acids is 1. The summed E-state index contributed by atoms with van der Waals surface area (Å²) in [5.41, 5.74) is -0.597. The predicted molar refractivity (Wildman–Crippen MR) is 56.4 cm³/mol. The summed E-state index contributed by atoms with van der Waals surface area (Å²) in [7, 11) is 0. The summed E-state index contributed by atoms with van der Waals surface area (Å²) in [4.78, 5) is 13.5. The molecule has 1 saturated heterocycles. The lowest BCUT2D eigenvalue weighted by Crippen LogP contribution is -2.55. The maximum absolute atomic E-state index is 11.3. The summed E-state index contributed by atoms with van der Waals surface area (Å²) >= 11 is 0. The van der Waals surface area contributed by atoms with E-state index in [2.05, 4.69) is 4.90 Å². The van der Waals surface area contributed by atoms with Crippen molar-refractivity contribution in [1.82, 2.24) is 4.90 Å². The van der Waals surface area contributed by atoms with Gasteiger partial charge in [-0.2, -0.15) is 0 Å². The first-order valence-electron chi connectivity index (χ1n) is 5.66. The van der Waals surface area contributed by atoms with E-state index in [1.54, 1.807) is 0 Å². The molecular weight excluding hydrogens is 178 g/mol. The van der Waals surface area contributed by atoms with E-state index in [0.29, 0.717) is 12.8 Å². The van der Waals surface area contributed by atoms with E-state index in [1.807, 2.05) is 13.8 Å². The molecule has 0 spiro atoms. The average molecular weight is 199 g/mol. The van der Waals surface area contributed by atoms with Crippen molar-refractivity contribution in [3.05, 3.63) is 0 Å². The van der Waals surface area contributed by atoms with Gasteiger partial charge in [0.05, 0.1) is 0 Å². The zero-order valence-corrected chi connectivity index (χ0v) is 9.25. The zero-order chi connectivity index (χ0) is 10.6. The molecule has 1 fully saturated rings. The normalized spacial score (nSPS) is 19.6. The van der Waals surface area contributed by atoms with E-state index >= 15 is 0 Å². The lowest BCUT2D eigenvalue weighted by molar-refractivity contribution is -0.153. The molecule has 1 aliphatic heterocycles. The SMILES string of the molecule is CCC(CC)(C(=O)O)N1CCCCC1. The van der Waals surface area contributed by atoms with Crippen molar-refractivity contribution >= 4 is 5.97 Å². The summed E-state index contributed by atoms with van der Waals surface area (Å²) in [6.45, 7) is 5.86. The molecule has 1 rings (SSSR count). The van der Waals surface area contributed by atoms with Gasteiger partial charge in [0.15, 0.2) is 0 Å². The number of hydrogen-bond donors (Lipinski definition) is 1. The lowest BCUT2D eigenvalue weighted by atomic mass is 9.88. The van der Waals surface area contributed by atoms with Crippen molar-refractivity contribution < 1.29 is 9.90 Å². The van der Waals surface area contributed by atoms with Crippen molar-refractivity contribution in [2.75, 3.05) is 13.1 Å². The number of likely N-dealkylation sites (tertiary alicyclic amines) is 1. The fraction of sp³-hybridized carbons (Fsp3) is 0.909. The summed E-state index contributed by atoms with van der Waals surface area (Å²) < 4.78 is 0. The summed E-state index contributed by atoms with van der Waals surface area (Å²) in [6, 6.07) is 0. The first kappa shape index (κ1) is 11.5. The number of carboxylic acid groups (broad SMARTS) is 1. The molecule has 82 valence electrons. The van der Waals surface area contributed by atoms with Crippen molar-refractivity contribution in [2.45, 2.75) is 51.5 Å². The standard InChI is InChI=1S/C11H21NO2/c1-3-11(4-2,10(13)14)12-8-6-5-7-9-12/h3-9H2,1-2H3,(H,13,14). The van der Waals surface area contributed by atoms with Gasteiger partial charge in [0, 0.05) is 0 Å². The van der Waals surface area contributed by atoms with Gasteiger partial charge in [0.2, 0.25) is 0 Å². The molecule has 1 heterocycles. The van der Waals surface area contributed by atoms with Crippen LogP contribution in [0.2, 0.25) is 0 Å². The van der Waals surface area contributed by atoms with Gasteiger partial charge in [-0.1, -0.05) is 20.3 Å². The Morgan fingerprint density at radius 1 is 1.21 bits per heavy atom. The van der Waals surface area contributed by atoms with Gasteiger partial charge in [-0.05, 0) is 38.8 Å². The van der Waals surface area contributed by atoms with Crippen LogP contribution in [0.1, 0.15) is 46.0 Å². The van der Waals surface area contributed by atoms with E-state index in [0.717, 1.165) is 25.9 Å². The van der Waals surface area contributed by atoms with Crippen LogP contribution in [0.25, 0.3) is 0 Å². The molecule has 0 radical (unpaired) electrons. The number of nitrogens with zero attached hydrogens (tertiary/aromatic N) is 1. The molecule has 0 aromatic heterocycles. The Balaban J connectivity index is 2.78. The Hall–Kier alpha value is -0.570. The summed E-state index contributed by atoms with van der Waals surface area (Å²) in [5, 5.41) is 9.33. The van der Waals surface area contributed by atoms with Gasteiger partial charge in [0.1, 0.15) is 5.54 Å². The minimum absolute atomic E-state index is 0.597. The number of hydrogen-bond acceptors (Lipinski definition) is 2. The van der Waals surface area contributed by atoms with Crippen LogP contribution in [0.15, 0.2) is 0 Å². The second kappa shape index (κ2) is 4.78. The number of carboxylic acids is 1. The van der Waals surface area contributed by atoms with E-state index in [4.69, 9.17) is 0 Å². The molecule has 1 N–H and O–H groups in total. The minimum Gasteiger partial charge on any atom is -0.480 e. The van der Waals surface area contributed by atoms with Crippen LogP contribution in [0.5, 0.6) is 0 Å². The third kappa shape index (κ3) is 1.92. The maximum Gasteiger partial charge on any atom is 0.324 e. The van der Waals surface area contributed by atoms with Gasteiger partial charge >= 0.3 is 5.97 Å². The fourth-order valence-corrected chi connectivity index (χ4v) is 2.46. The smallest absolute Gasteiger partial charge is 0.324 e. The van der Waals surface area contributed by atoms with E-state index in [1.165, 1.54) is 6.42 Å². The van der Waals surface area contributed by atoms with Gasteiger partial charge in [-0.3, -0.25) is 9.69 Å². The molecular formula is C11H21NO2. The van der Waals surface area contributed by atoms with Crippen LogP contribution in [-0.2, 0) is 4.79 Å². The Morgan fingerprint density at radius 3 is 2.07 bits per heavy atom. The fourth-order valence-electron chi connectivity index (χ4n) is 2.46. The maximum atomic E-state index is 11.3. The Bertz CT molecular complexity index is 193. The van der Waals surface area contributed by atoms with Gasteiger partial charge < -0.3 is 5.11 Å². The molecule has 3 heteroatoms. The van der Waals surface area contributed by atoms with Crippen molar-refractivity contribution in [3.8, 4) is 0 Å². The third-order valence-corrected chi connectivity index (χ3v) is 3.53. The molecule has 3 nitrogen and oxygen atoms in total. The number of rotatable bonds is 4. The van der Waals surface area contributed by atoms with Crippen LogP contribution >= 0.6 is 0 Å². The van der Waals surface area contributed by atoms with Gasteiger partial charge in [0.25, 0.3) is 0 Å². The van der Waals surface area contributed by atoms with Gasteiger partial charge in [-0.15, -0.1) is 0 Å². The zero-order valence-electron chi connectivity index (χ0n) is 9.25. The average Bonchev–Trinajstić information content (AvgIpc) is 2.22. The van der Waals surface area contributed by atoms with Crippen molar-refractivity contribution in [2.24, 2.45) is 0 Å². The van der Waals surface area contributed by atoms with Crippen LogP contribution in [-0.4, -0.2) is 34.6 Å². The molecule has 0 amide bonds. The van der Waals surface area contributed by atoms with E-state index in [-0.39, 0.29) is 0 Å². The molecule has 0 saturated carbocycles. The first-order chi connectivity index (χ1) is 6.67. The van der Waals surface area contributed by atoms with Crippen LogP contribution < -0.4 is 0 Å². The highest BCUT2D eigenvalue weighted by atomic mass is 16.4. The summed E-state index contributed by atoms with van der Waals surface area (Å²) in [5.74, 6) is -0.649. The Morgan fingerprint density at radius 2 is 1.71 bits per heavy atom. The van der Waals surface area contributed by atoms with Gasteiger partial charge in [-0.25, -0.2) is 0 Å². The first-order valence-corrected chi connectivity index (χ1v) is 5.66. The lowest BCUT2D eigenvalue weighted by Gasteiger charge is -2.41. The largest absolute Gasteiger partial charge is 0.480 e. The van der Waals surface area contributed by atoms with E-state index < -0.39 is 11.5 Å². The molecule has 0 unspecified atom stereocenters. The monoisotopic (exact) mass is 199 g/mol. The summed E-state index contributed by atoms with van der Waals surface area (Å²) in [6.07, 6.45) is 4.96. The second-order valence-corrected chi connectivity index (χ2v) is 4.09. The van der Waals surface area contributed by atoms with Crippen LogP contribution in [0.4, 0.5) is 0 Å². The highest BCUT2D eigenvalue weighted by molar-refractivity contribution is 5.78. The third-order valence-electron chi connectivity index (χ3n) is 3.53. The molecule has 0 atom stereocenters. The number of piperidine rings is 1. The minimum atomic E-state index is -0.649. The molecule has 14 heavy (non-hydrogen) atoms. The number of carbonyl (C=O) groups is 1. The molecule has 0 bridgehead atoms. The second-order valence-electron chi connectivity index (χ2n) is 4.09. The van der Waals surface area contributed by atoms with E-state index in [9.17, 15) is 9.90 Å². The van der Waals surface area contributed by atoms with Crippen molar-refractivity contribution in [1.29, 1.82) is 0 Å². The Labute approximate surface area is 86.1 Å². The van der Waals surface area contributed by atoms with Crippen LogP contribution in [0.3, 0.4) is 0 Å². The van der Waals surface area contributed by atoms with Crippen molar-refractivity contribution in [3.63, 3.8) is 0 Å². The molecule has 1 aliphatic rings. The quantitative estimate of drug-likeness (QED) is 0.754. The molecule has 0 aliphatic carbocycles. The predicted octanol–water partition coefficient (Wildman–Crippen LogP) is 2.12. The molecule has 0 aromatic rings. The van der Waals surface area contributed by atoms with Crippen LogP contribution in [0, 0.1) is 0 Å². The Kier molecular flexibility index (Phi) is 3.93. The molecule has 0 aromatic carbocycles. The topological polar surface area (TPSA) is 40.5 Å². The highest BCUT2D eigenvalue weighted by Crippen LogP contribution is 2.27. The highest BCUT2D eigenvalue weighted by Gasteiger charge is 2.41.